The summed E-state index contributed by atoms with van der Waals surface area (Å²) < 4.78 is 1.18. The van der Waals surface area contributed by atoms with Gasteiger partial charge in [0.15, 0.2) is 5.11 Å². The van der Waals surface area contributed by atoms with Gasteiger partial charge in [-0.1, -0.05) is 13.0 Å². The van der Waals surface area contributed by atoms with Crippen LogP contribution in [0.1, 0.15) is 22.2 Å². The summed E-state index contributed by atoms with van der Waals surface area (Å²) in [5.74, 6) is -0.180. The first-order valence-electron chi connectivity index (χ1n) is 6.04. The van der Waals surface area contributed by atoms with E-state index in [0.29, 0.717) is 9.99 Å². The van der Waals surface area contributed by atoms with Crippen molar-refractivity contribution < 1.29 is 4.79 Å². The number of rotatable bonds is 3. The fraction of sp³-hybridized carbons (Fsp3) is 0.143. The largest absolute Gasteiger partial charge is 0.332 e. The number of amides is 1. The molecule has 0 atom stereocenters. The van der Waals surface area contributed by atoms with E-state index in [1.54, 1.807) is 6.07 Å². The average molecular weight is 416 g/mol. The van der Waals surface area contributed by atoms with Crippen LogP contribution in [-0.2, 0) is 6.42 Å². The number of aryl methyl sites for hydroxylation is 1. The number of hydrogen-bond acceptors (Lipinski definition) is 3. The van der Waals surface area contributed by atoms with Crippen molar-refractivity contribution in [3.63, 3.8) is 0 Å². The van der Waals surface area contributed by atoms with E-state index in [-0.39, 0.29) is 5.91 Å². The van der Waals surface area contributed by atoms with Crippen LogP contribution in [0.4, 0.5) is 5.69 Å². The van der Waals surface area contributed by atoms with Crippen LogP contribution < -0.4 is 10.6 Å². The Labute approximate surface area is 140 Å². The van der Waals surface area contributed by atoms with Crippen LogP contribution in [-0.4, -0.2) is 11.0 Å². The predicted molar refractivity (Wildman–Crippen MR) is 96.5 cm³/mol. The molecule has 0 bridgehead atoms. The molecule has 3 nitrogen and oxygen atoms in total. The lowest BCUT2D eigenvalue weighted by atomic mass is 10.1. The number of halogens is 1. The molecule has 104 valence electrons. The molecule has 0 saturated carbocycles. The molecule has 1 aromatic carbocycles. The number of thiophene rings is 1. The smallest absolute Gasteiger partial charge is 0.267 e. The van der Waals surface area contributed by atoms with E-state index in [2.05, 4.69) is 46.2 Å². The van der Waals surface area contributed by atoms with E-state index in [4.69, 9.17) is 12.2 Å². The minimum Gasteiger partial charge on any atom is -0.332 e. The van der Waals surface area contributed by atoms with Gasteiger partial charge < -0.3 is 5.32 Å². The lowest BCUT2D eigenvalue weighted by Crippen LogP contribution is -2.33. The quantitative estimate of drug-likeness (QED) is 0.586. The van der Waals surface area contributed by atoms with Crippen molar-refractivity contribution in [2.45, 2.75) is 13.3 Å². The Balaban J connectivity index is 2.03. The Morgan fingerprint density at radius 1 is 1.40 bits per heavy atom. The zero-order valence-corrected chi connectivity index (χ0v) is 14.6. The van der Waals surface area contributed by atoms with Gasteiger partial charge in [-0.3, -0.25) is 10.1 Å². The summed E-state index contributed by atoms with van der Waals surface area (Å²) in [6.07, 6.45) is 0.903. The standard InChI is InChI=1S/C14H13IN2OS2/c1-2-9-8-10(15)5-6-11(9)16-14(19)17-13(18)12-4-3-7-20-12/h3-8H,2H2,1H3,(H2,16,17,18,19). The third kappa shape index (κ3) is 4.00. The van der Waals surface area contributed by atoms with Crippen LogP contribution in [0.5, 0.6) is 0 Å². The fourth-order valence-electron chi connectivity index (χ4n) is 1.70. The van der Waals surface area contributed by atoms with Crippen molar-refractivity contribution in [3.8, 4) is 0 Å². The molecule has 2 N–H and O–H groups in total. The maximum atomic E-state index is 11.9. The van der Waals surface area contributed by atoms with Crippen LogP contribution in [0.2, 0.25) is 0 Å². The third-order valence-electron chi connectivity index (χ3n) is 2.67. The second-order valence-electron chi connectivity index (χ2n) is 4.04. The molecule has 2 rings (SSSR count). The van der Waals surface area contributed by atoms with Gasteiger partial charge in [-0.15, -0.1) is 11.3 Å². The molecule has 0 aliphatic heterocycles. The molecule has 0 saturated heterocycles. The highest BCUT2D eigenvalue weighted by atomic mass is 127. The average Bonchev–Trinajstić information content (AvgIpc) is 2.94. The van der Waals surface area contributed by atoms with Crippen LogP contribution >= 0.6 is 46.1 Å². The number of nitrogens with one attached hydrogen (secondary N) is 2. The number of hydrogen-bond donors (Lipinski definition) is 2. The molecular weight excluding hydrogens is 403 g/mol. The number of benzene rings is 1. The maximum Gasteiger partial charge on any atom is 0.267 e. The molecule has 0 radical (unpaired) electrons. The van der Waals surface area contributed by atoms with Gasteiger partial charge in [0, 0.05) is 9.26 Å². The lowest BCUT2D eigenvalue weighted by Gasteiger charge is -2.12. The molecule has 1 heterocycles. The number of carbonyl (C=O) groups excluding carboxylic acids is 1. The van der Waals surface area contributed by atoms with Crippen LogP contribution in [0.25, 0.3) is 0 Å². The van der Waals surface area contributed by atoms with Crippen molar-refractivity contribution in [1.29, 1.82) is 0 Å². The van der Waals surface area contributed by atoms with Gasteiger partial charge in [0.05, 0.1) is 4.88 Å². The van der Waals surface area contributed by atoms with Gasteiger partial charge in [0.25, 0.3) is 5.91 Å². The second kappa shape index (κ2) is 7.14. The Kier molecular flexibility index (Phi) is 5.50. The molecule has 0 fully saturated rings. The molecule has 0 aliphatic carbocycles. The van der Waals surface area contributed by atoms with E-state index < -0.39 is 0 Å². The van der Waals surface area contributed by atoms with Gasteiger partial charge >= 0.3 is 0 Å². The highest BCUT2D eigenvalue weighted by molar-refractivity contribution is 14.1. The second-order valence-corrected chi connectivity index (χ2v) is 6.64. The van der Waals surface area contributed by atoms with E-state index >= 15 is 0 Å². The van der Waals surface area contributed by atoms with Gasteiger partial charge in [-0.2, -0.15) is 0 Å². The van der Waals surface area contributed by atoms with E-state index in [1.165, 1.54) is 20.5 Å². The first-order chi connectivity index (χ1) is 9.60. The predicted octanol–water partition coefficient (Wildman–Crippen LogP) is 4.04. The zero-order valence-electron chi connectivity index (χ0n) is 10.8. The third-order valence-corrected chi connectivity index (χ3v) is 4.41. The Hall–Kier alpha value is -0.990. The highest BCUT2D eigenvalue weighted by Gasteiger charge is 2.09. The van der Waals surface area contributed by atoms with Gasteiger partial charge in [-0.05, 0) is 76.4 Å². The van der Waals surface area contributed by atoms with Crippen molar-refractivity contribution in [2.24, 2.45) is 0 Å². The summed E-state index contributed by atoms with van der Waals surface area (Å²) in [6, 6.07) is 9.69. The summed E-state index contributed by atoms with van der Waals surface area (Å²) in [5.41, 5.74) is 2.11. The van der Waals surface area contributed by atoms with E-state index in [0.717, 1.165) is 12.1 Å². The van der Waals surface area contributed by atoms with Crippen molar-refractivity contribution in [1.82, 2.24) is 5.32 Å². The van der Waals surface area contributed by atoms with Gasteiger partial charge in [0.2, 0.25) is 0 Å². The molecule has 0 spiro atoms. The zero-order chi connectivity index (χ0) is 14.5. The number of anilines is 1. The molecule has 2 aromatic rings. The van der Waals surface area contributed by atoms with Crippen LogP contribution in [0.3, 0.4) is 0 Å². The van der Waals surface area contributed by atoms with Gasteiger partial charge in [-0.25, -0.2) is 0 Å². The first-order valence-corrected chi connectivity index (χ1v) is 8.41. The summed E-state index contributed by atoms with van der Waals surface area (Å²) in [6.45, 7) is 2.09. The fourth-order valence-corrected chi connectivity index (χ4v) is 3.08. The van der Waals surface area contributed by atoms with E-state index in [9.17, 15) is 4.79 Å². The summed E-state index contributed by atoms with van der Waals surface area (Å²) in [7, 11) is 0. The Morgan fingerprint density at radius 2 is 2.20 bits per heavy atom. The minimum absolute atomic E-state index is 0.180. The molecule has 1 amide bonds. The molecule has 1 aromatic heterocycles. The monoisotopic (exact) mass is 416 g/mol. The number of carbonyl (C=O) groups is 1. The minimum atomic E-state index is -0.180. The lowest BCUT2D eigenvalue weighted by molar-refractivity contribution is 0.0981. The van der Waals surface area contributed by atoms with Crippen molar-refractivity contribution >= 4 is 62.9 Å². The Morgan fingerprint density at radius 3 is 2.85 bits per heavy atom. The van der Waals surface area contributed by atoms with Gasteiger partial charge in [0.1, 0.15) is 0 Å². The maximum absolute atomic E-state index is 11.9. The normalized spacial score (nSPS) is 10.1. The first kappa shape index (κ1) is 15.4. The summed E-state index contributed by atoms with van der Waals surface area (Å²) in [4.78, 5) is 12.5. The topological polar surface area (TPSA) is 41.1 Å². The number of thiocarbonyl (C=S) groups is 1. The van der Waals surface area contributed by atoms with Crippen LogP contribution in [0.15, 0.2) is 35.7 Å². The summed E-state index contributed by atoms with van der Waals surface area (Å²) >= 11 is 8.85. The van der Waals surface area contributed by atoms with E-state index in [1.807, 2.05) is 23.6 Å². The van der Waals surface area contributed by atoms with Crippen molar-refractivity contribution in [3.05, 3.63) is 49.7 Å². The molecule has 20 heavy (non-hydrogen) atoms. The molecule has 0 unspecified atom stereocenters. The van der Waals surface area contributed by atoms with Crippen LogP contribution in [0, 0.1) is 3.57 Å². The SMILES string of the molecule is CCc1cc(I)ccc1NC(=S)NC(=O)c1cccs1. The molecular formula is C14H13IN2OS2. The van der Waals surface area contributed by atoms with Crippen molar-refractivity contribution in [2.75, 3.05) is 5.32 Å². The Bertz CT molecular complexity index is 626. The molecule has 0 aliphatic rings. The summed E-state index contributed by atoms with van der Waals surface area (Å²) in [5, 5.41) is 7.95. The highest BCUT2D eigenvalue weighted by Crippen LogP contribution is 2.19. The molecule has 6 heteroatoms.